The van der Waals surface area contributed by atoms with Crippen molar-refractivity contribution in [1.29, 1.82) is 0 Å². The molecule has 4 heteroatoms. The quantitative estimate of drug-likeness (QED) is 0.164. The van der Waals surface area contributed by atoms with Gasteiger partial charge in [0.25, 0.3) is 0 Å². The average molecular weight is 963 g/mol. The summed E-state index contributed by atoms with van der Waals surface area (Å²) in [5.74, 6) is 0. The monoisotopic (exact) mass is 962 g/mol. The van der Waals surface area contributed by atoms with Gasteiger partial charge in [-0.2, -0.15) is 0 Å². The molecule has 2 aliphatic rings. The molecule has 0 N–H and O–H groups in total. The molecule has 0 atom stereocenters. The van der Waals surface area contributed by atoms with Crippen LogP contribution in [0.1, 0.15) is 22.3 Å². The fraction of sp³-hybridized carbons (Fsp3) is 0.0145. The predicted octanol–water partition coefficient (Wildman–Crippen LogP) is 20.0. The minimum Gasteiger partial charge on any atom is -0.310 e. The number of hydrogen-bond donors (Lipinski definition) is 0. The van der Waals surface area contributed by atoms with E-state index in [-0.39, 0.29) is 0 Å². The van der Waals surface area contributed by atoms with E-state index >= 15 is 0 Å². The van der Waals surface area contributed by atoms with E-state index in [0.29, 0.717) is 0 Å². The van der Waals surface area contributed by atoms with Gasteiger partial charge in [0.2, 0.25) is 0 Å². The zero-order chi connectivity index (χ0) is 47.8. The molecule has 0 saturated heterocycles. The molecule has 12 aromatic carbocycles. The average Bonchev–Trinajstić information content (AvgIpc) is 4.17. The summed E-state index contributed by atoms with van der Waals surface area (Å²) < 4.78 is 5.23. The Morgan fingerprint density at radius 2 is 0.616 bits per heavy atom. The van der Waals surface area contributed by atoms with Crippen LogP contribution in [0.4, 0.5) is 34.1 Å². The minimum absolute atomic E-state index is 0.527. The molecule has 2 heterocycles. The van der Waals surface area contributed by atoms with Gasteiger partial charge < -0.3 is 9.80 Å². The number of anilines is 6. The first kappa shape index (κ1) is 40.9. The number of rotatable bonds is 6. The van der Waals surface area contributed by atoms with Crippen LogP contribution >= 0.6 is 22.7 Å². The fourth-order valence-corrected chi connectivity index (χ4v) is 14.8. The lowest BCUT2D eigenvalue weighted by Crippen LogP contribution is -2.25. The van der Waals surface area contributed by atoms with Crippen molar-refractivity contribution in [2.45, 2.75) is 5.41 Å². The van der Waals surface area contributed by atoms with Crippen molar-refractivity contribution >= 4 is 119 Å². The van der Waals surface area contributed by atoms with Gasteiger partial charge in [-0.1, -0.05) is 133 Å². The van der Waals surface area contributed by atoms with E-state index < -0.39 is 5.41 Å². The van der Waals surface area contributed by atoms with Crippen LogP contribution in [0.15, 0.2) is 255 Å². The van der Waals surface area contributed by atoms with Crippen LogP contribution in [0.5, 0.6) is 0 Å². The zero-order valence-corrected chi connectivity index (χ0v) is 41.1. The molecule has 1 spiro atoms. The van der Waals surface area contributed by atoms with E-state index in [2.05, 4.69) is 265 Å². The topological polar surface area (TPSA) is 6.48 Å². The Kier molecular flexibility index (Phi) is 8.74. The van der Waals surface area contributed by atoms with Crippen LogP contribution in [-0.2, 0) is 5.41 Å². The van der Waals surface area contributed by atoms with Crippen molar-refractivity contribution in [2.75, 3.05) is 9.80 Å². The number of hydrogen-bond acceptors (Lipinski definition) is 4. The van der Waals surface area contributed by atoms with Gasteiger partial charge in [0.15, 0.2) is 0 Å². The second-order valence-corrected chi connectivity index (χ2v) is 21.8. The predicted molar refractivity (Wildman–Crippen MR) is 313 cm³/mol. The Bertz CT molecular complexity index is 4290. The Morgan fingerprint density at radius 3 is 1.10 bits per heavy atom. The Balaban J connectivity index is 0.902. The first-order valence-corrected chi connectivity index (χ1v) is 26.7. The number of nitrogens with zero attached hydrogens (tertiary/aromatic N) is 2. The summed E-state index contributed by atoms with van der Waals surface area (Å²) in [4.78, 5) is 4.85. The number of benzene rings is 12. The number of fused-ring (bicyclic) bond motifs is 18. The summed E-state index contributed by atoms with van der Waals surface area (Å²) in [5.41, 5.74) is 16.8. The van der Waals surface area contributed by atoms with E-state index in [4.69, 9.17) is 0 Å². The van der Waals surface area contributed by atoms with Gasteiger partial charge in [0.1, 0.15) is 0 Å². The normalized spacial score (nSPS) is 13.0. The molecule has 0 fully saturated rings. The van der Waals surface area contributed by atoms with Crippen LogP contribution in [0.25, 0.3) is 84.1 Å². The van der Waals surface area contributed by atoms with Crippen LogP contribution < -0.4 is 9.80 Å². The molecular formula is C69H42N2S2. The Hall–Kier alpha value is -8.80. The van der Waals surface area contributed by atoms with Crippen molar-refractivity contribution in [2.24, 2.45) is 0 Å². The maximum atomic E-state index is 2.53. The van der Waals surface area contributed by atoms with Crippen molar-refractivity contribution in [3.05, 3.63) is 277 Å². The first-order valence-electron chi connectivity index (χ1n) is 25.1. The first-order chi connectivity index (χ1) is 36.2. The molecule has 0 amide bonds. The van der Waals surface area contributed by atoms with Crippen molar-refractivity contribution in [3.8, 4) is 22.3 Å². The molecule has 2 nitrogen and oxygen atoms in total. The van der Waals surface area contributed by atoms with Crippen LogP contribution in [0, 0.1) is 0 Å². The molecule has 2 aromatic heterocycles. The van der Waals surface area contributed by atoms with Gasteiger partial charge in [0, 0.05) is 74.5 Å². The third kappa shape index (κ3) is 5.97. The summed E-state index contributed by atoms with van der Waals surface area (Å²) in [6, 6.07) is 95.6. The van der Waals surface area contributed by atoms with Crippen molar-refractivity contribution < 1.29 is 0 Å². The molecule has 0 bridgehead atoms. The zero-order valence-electron chi connectivity index (χ0n) is 39.5. The highest BCUT2D eigenvalue weighted by atomic mass is 32.1. The third-order valence-corrected chi connectivity index (χ3v) is 18.1. The van der Waals surface area contributed by atoms with Gasteiger partial charge in [0.05, 0.1) is 5.41 Å². The highest BCUT2D eigenvalue weighted by Crippen LogP contribution is 2.64. The summed E-state index contributed by atoms with van der Waals surface area (Å²) in [6.45, 7) is 0. The molecule has 73 heavy (non-hydrogen) atoms. The largest absolute Gasteiger partial charge is 0.310 e. The third-order valence-electron chi connectivity index (χ3n) is 15.8. The molecule has 16 rings (SSSR count). The summed E-state index contributed by atoms with van der Waals surface area (Å²) in [7, 11) is 0. The SMILES string of the molecule is c1ccc(N(c2ccc3cc4c(cc3c2)C2(c3ccccc3-c3ccccc32)c2cc3cc(N(c5ccccc5)c5ccc6sc7ccccc7c6c5)ccc3cc2-4)c2ccc3sc4ccccc4c3c2)cc1. The number of para-hydroxylation sites is 2. The van der Waals surface area contributed by atoms with Gasteiger partial charge in [-0.3, -0.25) is 0 Å². The highest BCUT2D eigenvalue weighted by Gasteiger charge is 2.52. The number of thiophene rings is 2. The molecule has 0 unspecified atom stereocenters. The van der Waals surface area contributed by atoms with E-state index in [9.17, 15) is 0 Å². The van der Waals surface area contributed by atoms with Crippen LogP contribution in [-0.4, -0.2) is 0 Å². The summed E-state index contributed by atoms with van der Waals surface area (Å²) >= 11 is 3.72. The maximum absolute atomic E-state index is 2.53. The van der Waals surface area contributed by atoms with Gasteiger partial charge in [-0.15, -0.1) is 22.7 Å². The molecule has 0 aliphatic heterocycles. The smallest absolute Gasteiger partial charge is 0.0725 e. The second kappa shape index (κ2) is 15.6. The maximum Gasteiger partial charge on any atom is 0.0725 e. The lowest BCUT2D eigenvalue weighted by molar-refractivity contribution is 0.796. The van der Waals surface area contributed by atoms with Gasteiger partial charge in [-0.05, 0) is 187 Å². The molecule has 0 saturated carbocycles. The van der Waals surface area contributed by atoms with Crippen LogP contribution in [0.3, 0.4) is 0 Å². The fourth-order valence-electron chi connectivity index (χ4n) is 12.6. The van der Waals surface area contributed by atoms with Gasteiger partial charge >= 0.3 is 0 Å². The summed E-state index contributed by atoms with van der Waals surface area (Å²) in [5, 5.41) is 10.1. The molecule has 0 radical (unpaired) electrons. The molecule has 340 valence electrons. The minimum atomic E-state index is -0.527. The van der Waals surface area contributed by atoms with E-state index in [1.807, 2.05) is 22.7 Å². The molecule has 14 aromatic rings. The molecule has 2 aliphatic carbocycles. The van der Waals surface area contributed by atoms with Crippen molar-refractivity contribution in [3.63, 3.8) is 0 Å². The van der Waals surface area contributed by atoms with E-state index in [0.717, 1.165) is 34.1 Å². The lowest BCUT2D eigenvalue weighted by Gasteiger charge is -2.31. The Morgan fingerprint density at radius 1 is 0.233 bits per heavy atom. The molecular weight excluding hydrogens is 921 g/mol. The van der Waals surface area contributed by atoms with Crippen molar-refractivity contribution in [1.82, 2.24) is 0 Å². The lowest BCUT2D eigenvalue weighted by atomic mass is 9.70. The highest BCUT2D eigenvalue weighted by molar-refractivity contribution is 7.26. The van der Waals surface area contributed by atoms with Gasteiger partial charge in [-0.25, -0.2) is 0 Å². The second-order valence-electron chi connectivity index (χ2n) is 19.6. The van der Waals surface area contributed by atoms with Crippen LogP contribution in [0.2, 0.25) is 0 Å². The van der Waals surface area contributed by atoms with E-state index in [1.165, 1.54) is 106 Å². The Labute approximate surface area is 430 Å². The standard InChI is InChI=1S/C69H42N2S2/c1-3-15-47(16-4-1)70(51-31-33-67-59(41-51)55-21-9-13-25-65(55)72-67)49-29-27-43-37-57-58-38-44-28-30-50(71(48-17-5-2-6-18-48)52-32-34-68-60(42-52)56-22-10-14-26-66(56)73-68)36-46(44)40-64(58)69(63(57)39-45(43)35-49)61-23-11-7-19-53(61)54-20-8-12-24-62(54)69/h1-42H. The van der Waals surface area contributed by atoms with E-state index in [1.54, 1.807) is 0 Å². The summed E-state index contributed by atoms with van der Waals surface area (Å²) in [6.07, 6.45) is 0.